The molecule has 0 fully saturated rings. The van der Waals surface area contributed by atoms with Crippen molar-refractivity contribution < 1.29 is 29.1 Å². The summed E-state index contributed by atoms with van der Waals surface area (Å²) in [5, 5.41) is 16.5. The maximum Gasteiger partial charge on any atom is 0.327 e. The predicted molar refractivity (Wildman–Crippen MR) is 128 cm³/mol. The van der Waals surface area contributed by atoms with Gasteiger partial charge in [0.05, 0.1) is 6.04 Å². The Morgan fingerprint density at radius 1 is 0.912 bits per heavy atom. The van der Waals surface area contributed by atoms with Crippen molar-refractivity contribution in [3.05, 3.63) is 0 Å². The van der Waals surface area contributed by atoms with Crippen LogP contribution >= 0.6 is 12.6 Å². The Morgan fingerprint density at radius 3 is 1.97 bits per heavy atom. The van der Waals surface area contributed by atoms with Crippen molar-refractivity contribution in [2.45, 2.75) is 63.7 Å². The number of hydrogen-bond acceptors (Lipinski definition) is 8. The minimum absolute atomic E-state index is 0.0131. The van der Waals surface area contributed by atoms with Gasteiger partial charge in [0.25, 0.3) is 0 Å². The molecule has 0 aliphatic heterocycles. The van der Waals surface area contributed by atoms with Gasteiger partial charge < -0.3 is 44.0 Å². The van der Waals surface area contributed by atoms with Crippen LogP contribution in [0.3, 0.4) is 0 Å². The summed E-state index contributed by atoms with van der Waals surface area (Å²) in [6.45, 7) is 3.51. The highest BCUT2D eigenvalue weighted by atomic mass is 32.1. The second-order valence-corrected chi connectivity index (χ2v) is 8.30. The fraction of sp³-hybridized carbons (Fsp3) is 0.684. The minimum atomic E-state index is -1.27. The van der Waals surface area contributed by atoms with Crippen molar-refractivity contribution in [2.75, 3.05) is 12.3 Å². The fourth-order valence-corrected chi connectivity index (χ4v) is 2.96. The van der Waals surface area contributed by atoms with Crippen molar-refractivity contribution in [3.63, 3.8) is 0 Å². The first-order chi connectivity index (χ1) is 15.8. The lowest BCUT2D eigenvalue weighted by atomic mass is 10.0. The molecule has 0 aromatic carbocycles. The summed E-state index contributed by atoms with van der Waals surface area (Å²) in [5.74, 6) is -4.67. The summed E-state index contributed by atoms with van der Waals surface area (Å²) in [7, 11) is 0. The van der Waals surface area contributed by atoms with Gasteiger partial charge in [0, 0.05) is 18.7 Å². The van der Waals surface area contributed by atoms with Crippen molar-refractivity contribution >= 4 is 48.2 Å². The largest absolute Gasteiger partial charge is 0.480 e. The molecule has 0 saturated carbocycles. The zero-order valence-corrected chi connectivity index (χ0v) is 20.2. The van der Waals surface area contributed by atoms with E-state index in [1.807, 2.05) is 0 Å². The van der Waals surface area contributed by atoms with Crippen LogP contribution in [0, 0.1) is 5.92 Å². The number of carbonyl (C=O) groups excluding carboxylic acids is 4. The minimum Gasteiger partial charge on any atom is -0.480 e. The summed E-state index contributed by atoms with van der Waals surface area (Å²) >= 11 is 3.90. The van der Waals surface area contributed by atoms with Gasteiger partial charge in [-0.05, 0) is 25.2 Å². The molecule has 4 amide bonds. The van der Waals surface area contributed by atoms with Gasteiger partial charge in [0.1, 0.15) is 18.1 Å². The van der Waals surface area contributed by atoms with Crippen LogP contribution in [-0.2, 0) is 24.0 Å². The average molecular weight is 505 g/mol. The second-order valence-electron chi connectivity index (χ2n) is 7.93. The van der Waals surface area contributed by atoms with Gasteiger partial charge in [-0.25, -0.2) is 4.79 Å². The molecule has 0 rings (SSSR count). The fourth-order valence-electron chi connectivity index (χ4n) is 2.72. The molecule has 0 spiro atoms. The first kappa shape index (κ1) is 30.9. The number of carbonyl (C=O) groups is 5. The first-order valence-electron chi connectivity index (χ1n) is 10.6. The second kappa shape index (κ2) is 15.7. The van der Waals surface area contributed by atoms with Crippen LogP contribution in [0.5, 0.6) is 0 Å². The molecule has 0 aliphatic carbocycles. The van der Waals surface area contributed by atoms with Crippen LogP contribution in [0.25, 0.3) is 0 Å². The van der Waals surface area contributed by atoms with E-state index in [4.69, 9.17) is 28.0 Å². The Balaban J connectivity index is 5.45. The Hall–Kier alpha value is -3.07. The van der Waals surface area contributed by atoms with Gasteiger partial charge in [-0.15, -0.1) is 0 Å². The molecule has 0 radical (unpaired) electrons. The number of nitrogens with zero attached hydrogens (tertiary/aromatic N) is 1. The Labute approximate surface area is 203 Å². The van der Waals surface area contributed by atoms with E-state index in [0.717, 1.165) is 0 Å². The number of nitrogens with two attached hydrogens (primary N) is 4. The van der Waals surface area contributed by atoms with E-state index < -0.39 is 59.7 Å². The van der Waals surface area contributed by atoms with E-state index in [-0.39, 0.29) is 37.5 Å². The zero-order valence-electron chi connectivity index (χ0n) is 19.3. The zero-order chi connectivity index (χ0) is 26.4. The highest BCUT2D eigenvalue weighted by Crippen LogP contribution is 2.07. The van der Waals surface area contributed by atoms with Crippen LogP contribution in [-0.4, -0.2) is 77.1 Å². The molecule has 14 nitrogen and oxygen atoms in total. The molecule has 34 heavy (non-hydrogen) atoms. The normalized spacial score (nSPS) is 14.3. The van der Waals surface area contributed by atoms with E-state index in [9.17, 15) is 24.0 Å². The van der Waals surface area contributed by atoms with Crippen LogP contribution in [0.15, 0.2) is 4.99 Å². The maximum atomic E-state index is 13.0. The number of guanidine groups is 1. The van der Waals surface area contributed by atoms with Crippen molar-refractivity contribution in [2.24, 2.45) is 33.8 Å². The molecule has 0 heterocycles. The average Bonchev–Trinajstić information content (AvgIpc) is 2.74. The molecular weight excluding hydrogens is 468 g/mol. The van der Waals surface area contributed by atoms with E-state index >= 15 is 0 Å². The summed E-state index contributed by atoms with van der Waals surface area (Å²) in [5.41, 5.74) is 21.4. The quantitative estimate of drug-likeness (QED) is 0.0442. The number of thiol groups is 1. The van der Waals surface area contributed by atoms with Crippen LogP contribution < -0.4 is 38.9 Å². The Kier molecular flexibility index (Phi) is 14.3. The Bertz CT molecular complexity index is 759. The molecule has 0 aromatic rings. The van der Waals surface area contributed by atoms with Crippen LogP contribution in [0.1, 0.15) is 39.5 Å². The number of aliphatic imine (C=N–C) groups is 1. The third-order valence-electron chi connectivity index (χ3n) is 4.66. The number of carboxylic acids is 1. The monoisotopic (exact) mass is 504 g/mol. The van der Waals surface area contributed by atoms with E-state index in [2.05, 4.69) is 33.6 Å². The summed E-state index contributed by atoms with van der Waals surface area (Å²) in [4.78, 5) is 64.0. The van der Waals surface area contributed by atoms with Gasteiger partial charge in [0.2, 0.25) is 23.6 Å². The molecule has 0 aromatic heterocycles. The highest BCUT2D eigenvalue weighted by Gasteiger charge is 2.31. The topological polar surface area (TPSA) is 258 Å². The Morgan fingerprint density at radius 2 is 1.50 bits per heavy atom. The summed E-state index contributed by atoms with van der Waals surface area (Å²) in [6, 6.07) is -4.52. The number of primary amides is 1. The lowest BCUT2D eigenvalue weighted by Crippen LogP contribution is -2.58. The van der Waals surface area contributed by atoms with Gasteiger partial charge in [-0.2, -0.15) is 12.6 Å². The number of aliphatic carboxylic acids is 1. The van der Waals surface area contributed by atoms with E-state index in [1.165, 1.54) is 0 Å². The number of rotatable bonds is 16. The first-order valence-corrected chi connectivity index (χ1v) is 11.3. The molecule has 12 N–H and O–H groups in total. The van der Waals surface area contributed by atoms with E-state index in [0.29, 0.717) is 6.42 Å². The standard InChI is InChI=1S/C19H36N8O6S/c1-9(2)14(17(31)26-12(8-34)18(32)33)27-16(30)11(4-3-7-24-19(22)23)25-15(29)10(20)5-6-13(21)28/h9-12,14,34H,3-8,20H2,1-2H3,(H2,21,28)(H,25,29)(H,26,31)(H,27,30)(H,32,33)(H4,22,23,24). The maximum absolute atomic E-state index is 13.0. The predicted octanol–water partition coefficient (Wildman–Crippen LogP) is -3.24. The van der Waals surface area contributed by atoms with Crippen LogP contribution in [0.2, 0.25) is 0 Å². The molecule has 0 bridgehead atoms. The third-order valence-corrected chi connectivity index (χ3v) is 5.03. The third kappa shape index (κ3) is 12.2. The van der Waals surface area contributed by atoms with Crippen molar-refractivity contribution in [1.82, 2.24) is 16.0 Å². The number of carboxylic acid groups (broad SMARTS) is 1. The molecule has 0 saturated heterocycles. The van der Waals surface area contributed by atoms with Gasteiger partial charge in [0.15, 0.2) is 5.96 Å². The smallest absolute Gasteiger partial charge is 0.327 e. The summed E-state index contributed by atoms with van der Waals surface area (Å²) in [6.07, 6.45) is 0.298. The lowest BCUT2D eigenvalue weighted by molar-refractivity contribution is -0.142. The van der Waals surface area contributed by atoms with Gasteiger partial charge in [-0.1, -0.05) is 13.8 Å². The SMILES string of the molecule is CC(C)C(NC(=O)C(CCCN=C(N)N)NC(=O)C(N)CCC(N)=O)C(=O)NC(CS)C(=O)O. The lowest BCUT2D eigenvalue weighted by Gasteiger charge is -2.27. The van der Waals surface area contributed by atoms with Crippen LogP contribution in [0.4, 0.5) is 0 Å². The van der Waals surface area contributed by atoms with Crippen molar-refractivity contribution in [3.8, 4) is 0 Å². The van der Waals surface area contributed by atoms with E-state index in [1.54, 1.807) is 13.8 Å². The molecule has 15 heteroatoms. The van der Waals surface area contributed by atoms with Crippen molar-refractivity contribution in [1.29, 1.82) is 0 Å². The molecular formula is C19H36N8O6S. The number of amides is 4. The summed E-state index contributed by atoms with van der Waals surface area (Å²) < 4.78 is 0. The highest BCUT2D eigenvalue weighted by molar-refractivity contribution is 7.80. The number of nitrogens with one attached hydrogen (secondary N) is 3. The number of hydrogen-bond donors (Lipinski definition) is 9. The molecule has 0 aliphatic rings. The molecule has 4 unspecified atom stereocenters. The van der Waals surface area contributed by atoms with Gasteiger partial charge in [-0.3, -0.25) is 24.2 Å². The molecule has 4 atom stereocenters. The molecule has 194 valence electrons. The van der Waals surface area contributed by atoms with Gasteiger partial charge >= 0.3 is 5.97 Å².